The number of nitrogens with zero attached hydrogens (tertiary/aromatic N) is 3. The number of imide groups is 1. The van der Waals surface area contributed by atoms with Crippen molar-refractivity contribution in [1.82, 2.24) is 25.7 Å². The maximum absolute atomic E-state index is 12.2. The van der Waals surface area contributed by atoms with Crippen molar-refractivity contribution in [1.29, 1.82) is 0 Å². The summed E-state index contributed by atoms with van der Waals surface area (Å²) in [6, 6.07) is 1.15. The second-order valence-corrected chi connectivity index (χ2v) is 6.47. The van der Waals surface area contributed by atoms with Gasteiger partial charge in [0, 0.05) is 5.69 Å². The molecule has 1 aromatic rings. The Labute approximate surface area is 138 Å². The predicted molar refractivity (Wildman–Crippen MR) is 84.4 cm³/mol. The van der Waals surface area contributed by atoms with Crippen LogP contribution < -0.4 is 10.7 Å². The summed E-state index contributed by atoms with van der Waals surface area (Å²) < 4.78 is 0. The Hall–Kier alpha value is -2.16. The third-order valence-corrected chi connectivity index (χ3v) is 4.41. The molecule has 0 aromatic carbocycles. The molecule has 0 bridgehead atoms. The van der Waals surface area contributed by atoms with Gasteiger partial charge < -0.3 is 5.32 Å². The Balaban J connectivity index is 1.95. The second kappa shape index (κ2) is 6.53. The molecule has 0 radical (unpaired) electrons. The van der Waals surface area contributed by atoms with Crippen molar-refractivity contribution >= 4 is 29.6 Å². The van der Waals surface area contributed by atoms with Crippen LogP contribution in [0.3, 0.4) is 0 Å². The lowest BCUT2D eigenvalue weighted by Crippen LogP contribution is -2.49. The van der Waals surface area contributed by atoms with Crippen LogP contribution in [-0.2, 0) is 9.59 Å². The summed E-state index contributed by atoms with van der Waals surface area (Å²) in [5, 5.41) is 3.98. The maximum Gasteiger partial charge on any atom is 0.344 e. The van der Waals surface area contributed by atoms with Crippen LogP contribution in [0, 0.1) is 13.8 Å². The van der Waals surface area contributed by atoms with E-state index in [2.05, 4.69) is 20.7 Å². The SMILES string of the molecule is CCC1(C)NC(=O)N(NC(=O)CSc2cc(C)nc(C)n2)C1=O. The number of aromatic nitrogens is 2. The highest BCUT2D eigenvalue weighted by molar-refractivity contribution is 7.99. The van der Waals surface area contributed by atoms with E-state index in [0.717, 1.165) is 10.7 Å². The van der Waals surface area contributed by atoms with E-state index in [9.17, 15) is 14.4 Å². The minimum absolute atomic E-state index is 0.0375. The van der Waals surface area contributed by atoms with Gasteiger partial charge in [0.05, 0.1) is 5.75 Å². The van der Waals surface area contributed by atoms with Crippen molar-refractivity contribution in [3.05, 3.63) is 17.6 Å². The molecule has 0 spiro atoms. The number of amides is 4. The fourth-order valence-electron chi connectivity index (χ4n) is 2.08. The number of hydrogen-bond acceptors (Lipinski definition) is 6. The lowest BCUT2D eigenvalue weighted by atomic mass is 10.00. The number of hydrogen-bond donors (Lipinski definition) is 2. The molecule has 9 heteroatoms. The van der Waals surface area contributed by atoms with Crippen LogP contribution in [0.2, 0.25) is 0 Å². The maximum atomic E-state index is 12.2. The fraction of sp³-hybridized carbons (Fsp3) is 0.500. The number of aryl methyl sites for hydroxylation is 2. The monoisotopic (exact) mass is 337 g/mol. The molecule has 1 aliphatic heterocycles. The van der Waals surface area contributed by atoms with Gasteiger partial charge in [-0.05, 0) is 33.3 Å². The molecular weight excluding hydrogens is 318 g/mol. The first-order valence-corrected chi connectivity index (χ1v) is 8.15. The Bertz CT molecular complexity index is 646. The quantitative estimate of drug-likeness (QED) is 0.471. The molecule has 124 valence electrons. The Morgan fingerprint density at radius 1 is 1.39 bits per heavy atom. The fourth-order valence-corrected chi connectivity index (χ4v) is 2.87. The molecule has 1 aromatic heterocycles. The van der Waals surface area contributed by atoms with Gasteiger partial charge in [0.2, 0.25) is 5.91 Å². The van der Waals surface area contributed by atoms with E-state index >= 15 is 0 Å². The number of urea groups is 1. The lowest BCUT2D eigenvalue weighted by molar-refractivity contribution is -0.137. The van der Waals surface area contributed by atoms with Crippen molar-refractivity contribution in [2.24, 2.45) is 0 Å². The van der Waals surface area contributed by atoms with E-state index in [0.29, 0.717) is 17.3 Å². The van der Waals surface area contributed by atoms with Gasteiger partial charge in [-0.15, -0.1) is 0 Å². The van der Waals surface area contributed by atoms with Crippen molar-refractivity contribution in [2.45, 2.75) is 44.7 Å². The van der Waals surface area contributed by atoms with Crippen LogP contribution in [0.4, 0.5) is 4.79 Å². The standard InChI is InChI=1S/C14H19N5O3S/c1-5-14(4)12(21)19(13(22)17-14)18-10(20)7-23-11-6-8(2)15-9(3)16-11/h6H,5,7H2,1-4H3,(H,17,22)(H,18,20). The summed E-state index contributed by atoms with van der Waals surface area (Å²) in [4.78, 5) is 44.3. The molecule has 2 rings (SSSR count). The van der Waals surface area contributed by atoms with Gasteiger partial charge >= 0.3 is 6.03 Å². The predicted octanol–water partition coefficient (Wildman–Crippen LogP) is 0.937. The van der Waals surface area contributed by atoms with Crippen LogP contribution in [0.5, 0.6) is 0 Å². The molecule has 2 N–H and O–H groups in total. The first-order valence-electron chi connectivity index (χ1n) is 7.16. The molecule has 1 fully saturated rings. The van der Waals surface area contributed by atoms with Crippen molar-refractivity contribution in [2.75, 3.05) is 5.75 Å². The van der Waals surface area contributed by atoms with E-state index < -0.39 is 23.4 Å². The van der Waals surface area contributed by atoms with Gasteiger partial charge in [0.1, 0.15) is 16.4 Å². The minimum atomic E-state index is -0.974. The number of nitrogens with one attached hydrogen (secondary N) is 2. The summed E-state index contributed by atoms with van der Waals surface area (Å²) in [5.41, 5.74) is 2.18. The van der Waals surface area contributed by atoms with Crippen LogP contribution >= 0.6 is 11.8 Å². The highest BCUT2D eigenvalue weighted by atomic mass is 32.2. The summed E-state index contributed by atoms with van der Waals surface area (Å²) in [7, 11) is 0. The summed E-state index contributed by atoms with van der Waals surface area (Å²) in [5.74, 6) is -0.249. The Kier molecular flexibility index (Phi) is 4.88. The summed E-state index contributed by atoms with van der Waals surface area (Å²) in [6.45, 7) is 7.04. The van der Waals surface area contributed by atoms with E-state index in [1.54, 1.807) is 26.8 Å². The van der Waals surface area contributed by atoms with Crippen LogP contribution in [0.15, 0.2) is 11.1 Å². The third kappa shape index (κ3) is 3.79. The van der Waals surface area contributed by atoms with Crippen molar-refractivity contribution in [3.8, 4) is 0 Å². The molecule has 0 saturated carbocycles. The smallest absolute Gasteiger partial charge is 0.322 e. The normalized spacial score (nSPS) is 20.6. The van der Waals surface area contributed by atoms with Gasteiger partial charge in [-0.25, -0.2) is 14.8 Å². The molecular formula is C14H19N5O3S. The molecule has 2 heterocycles. The minimum Gasteiger partial charge on any atom is -0.322 e. The topological polar surface area (TPSA) is 104 Å². The zero-order valence-corrected chi connectivity index (χ0v) is 14.3. The van der Waals surface area contributed by atoms with E-state index in [4.69, 9.17) is 0 Å². The molecule has 4 amide bonds. The first-order chi connectivity index (χ1) is 10.7. The highest BCUT2D eigenvalue weighted by Crippen LogP contribution is 2.20. The first kappa shape index (κ1) is 17.2. The zero-order valence-electron chi connectivity index (χ0n) is 13.5. The Morgan fingerprint density at radius 2 is 2.09 bits per heavy atom. The van der Waals surface area contributed by atoms with Gasteiger partial charge in [-0.1, -0.05) is 18.7 Å². The molecule has 1 saturated heterocycles. The number of rotatable bonds is 5. The van der Waals surface area contributed by atoms with Gasteiger partial charge in [0.15, 0.2) is 0 Å². The molecule has 1 unspecified atom stereocenters. The van der Waals surface area contributed by atoms with Gasteiger partial charge in [-0.3, -0.25) is 15.0 Å². The van der Waals surface area contributed by atoms with Gasteiger partial charge in [-0.2, -0.15) is 5.01 Å². The number of carbonyl (C=O) groups is 3. The second-order valence-electron chi connectivity index (χ2n) is 5.47. The van der Waals surface area contributed by atoms with Crippen molar-refractivity contribution < 1.29 is 14.4 Å². The molecule has 0 aliphatic carbocycles. The summed E-state index contributed by atoms with van der Waals surface area (Å²) >= 11 is 1.22. The van der Waals surface area contributed by atoms with Crippen LogP contribution in [0.25, 0.3) is 0 Å². The Morgan fingerprint density at radius 3 is 2.65 bits per heavy atom. The molecule has 1 atom stereocenters. The zero-order chi connectivity index (χ0) is 17.2. The molecule has 1 aliphatic rings. The lowest BCUT2D eigenvalue weighted by Gasteiger charge is -2.19. The number of thioether (sulfide) groups is 1. The van der Waals surface area contributed by atoms with E-state index in [1.165, 1.54) is 11.8 Å². The van der Waals surface area contributed by atoms with E-state index in [-0.39, 0.29) is 5.75 Å². The number of carbonyl (C=O) groups excluding carboxylic acids is 3. The van der Waals surface area contributed by atoms with Crippen molar-refractivity contribution in [3.63, 3.8) is 0 Å². The molecule has 23 heavy (non-hydrogen) atoms. The largest absolute Gasteiger partial charge is 0.344 e. The van der Waals surface area contributed by atoms with E-state index in [1.807, 2.05) is 6.92 Å². The molecule has 8 nitrogen and oxygen atoms in total. The third-order valence-electron chi connectivity index (χ3n) is 3.50. The highest BCUT2D eigenvalue weighted by Gasteiger charge is 2.47. The summed E-state index contributed by atoms with van der Waals surface area (Å²) in [6.07, 6.45) is 0.443. The average molecular weight is 337 g/mol. The van der Waals surface area contributed by atoms with Crippen LogP contribution in [0.1, 0.15) is 31.8 Å². The van der Waals surface area contributed by atoms with Crippen LogP contribution in [-0.4, -0.2) is 44.1 Å². The number of hydrazine groups is 1. The average Bonchev–Trinajstić information content (AvgIpc) is 2.68. The van der Waals surface area contributed by atoms with Gasteiger partial charge in [0.25, 0.3) is 5.91 Å².